The van der Waals surface area contributed by atoms with E-state index >= 15 is 0 Å². The largest absolute Gasteiger partial charge is 0.409 e. The van der Waals surface area contributed by atoms with Gasteiger partial charge in [-0.15, -0.1) is 0 Å². The normalized spacial score (nSPS) is 25.1. The molecular formula is C12H21N3O2. The van der Waals surface area contributed by atoms with Crippen LogP contribution in [-0.4, -0.2) is 22.5 Å². The molecule has 2 fully saturated rings. The smallest absolute Gasteiger partial charge is 0.223 e. The number of carbonyl (C=O) groups excluding carboxylic acids is 1. The molecule has 0 radical (unpaired) electrons. The number of hydrogen-bond donors (Lipinski definition) is 3. The van der Waals surface area contributed by atoms with Crippen molar-refractivity contribution < 1.29 is 10.0 Å². The van der Waals surface area contributed by atoms with E-state index in [1.54, 1.807) is 0 Å². The second-order valence-electron chi connectivity index (χ2n) is 5.25. The molecule has 0 spiro atoms. The fourth-order valence-corrected chi connectivity index (χ4v) is 3.05. The van der Waals surface area contributed by atoms with Crippen LogP contribution in [0.5, 0.6) is 0 Å². The molecule has 2 aliphatic rings. The van der Waals surface area contributed by atoms with Crippen LogP contribution in [0.4, 0.5) is 0 Å². The van der Waals surface area contributed by atoms with E-state index in [0.29, 0.717) is 0 Å². The van der Waals surface area contributed by atoms with E-state index in [2.05, 4.69) is 10.5 Å². The first kappa shape index (κ1) is 12.2. The van der Waals surface area contributed by atoms with E-state index in [4.69, 9.17) is 10.9 Å². The monoisotopic (exact) mass is 239 g/mol. The molecule has 0 atom stereocenters. The van der Waals surface area contributed by atoms with Crippen LogP contribution in [0.15, 0.2) is 5.16 Å². The zero-order valence-electron chi connectivity index (χ0n) is 10.1. The van der Waals surface area contributed by atoms with Crippen molar-refractivity contribution in [1.29, 1.82) is 0 Å². The van der Waals surface area contributed by atoms with E-state index in [-0.39, 0.29) is 17.7 Å². The Morgan fingerprint density at radius 3 is 2.35 bits per heavy atom. The van der Waals surface area contributed by atoms with Gasteiger partial charge in [0.2, 0.25) is 5.91 Å². The predicted octanol–water partition coefficient (Wildman–Crippen LogP) is 1.35. The molecular weight excluding hydrogens is 218 g/mol. The van der Waals surface area contributed by atoms with Crippen LogP contribution in [0.2, 0.25) is 0 Å². The van der Waals surface area contributed by atoms with Gasteiger partial charge in [0.15, 0.2) is 5.84 Å². The average Bonchev–Trinajstić information content (AvgIpc) is 2.99. The van der Waals surface area contributed by atoms with Crippen molar-refractivity contribution in [1.82, 2.24) is 5.32 Å². The third-order valence-corrected chi connectivity index (χ3v) is 4.14. The molecule has 4 N–H and O–H groups in total. The number of oxime groups is 1. The molecule has 17 heavy (non-hydrogen) atoms. The summed E-state index contributed by atoms with van der Waals surface area (Å²) in [5.41, 5.74) is 5.16. The summed E-state index contributed by atoms with van der Waals surface area (Å²) >= 11 is 0. The lowest BCUT2D eigenvalue weighted by molar-refractivity contribution is -0.126. The SMILES string of the molecule is N/C(=N/O)C1(NC(=O)C2CCCC2)CCCC1. The maximum absolute atomic E-state index is 12.1. The average molecular weight is 239 g/mol. The fourth-order valence-electron chi connectivity index (χ4n) is 3.05. The van der Waals surface area contributed by atoms with E-state index in [0.717, 1.165) is 51.4 Å². The molecule has 2 saturated carbocycles. The van der Waals surface area contributed by atoms with E-state index in [1.807, 2.05) is 0 Å². The van der Waals surface area contributed by atoms with Crippen LogP contribution in [0.25, 0.3) is 0 Å². The van der Waals surface area contributed by atoms with Crippen LogP contribution in [-0.2, 0) is 4.79 Å². The van der Waals surface area contributed by atoms with Crippen LogP contribution in [0.1, 0.15) is 51.4 Å². The van der Waals surface area contributed by atoms with Gasteiger partial charge in [0.1, 0.15) is 5.54 Å². The number of carbonyl (C=O) groups is 1. The minimum Gasteiger partial charge on any atom is -0.409 e. The molecule has 0 unspecified atom stereocenters. The van der Waals surface area contributed by atoms with Crippen molar-refractivity contribution in [2.45, 2.75) is 56.9 Å². The summed E-state index contributed by atoms with van der Waals surface area (Å²) < 4.78 is 0. The molecule has 96 valence electrons. The maximum atomic E-state index is 12.1. The summed E-state index contributed by atoms with van der Waals surface area (Å²) in [4.78, 5) is 12.1. The van der Waals surface area contributed by atoms with Gasteiger partial charge in [-0.25, -0.2) is 0 Å². The Balaban J connectivity index is 2.05. The highest BCUT2D eigenvalue weighted by molar-refractivity contribution is 5.94. The van der Waals surface area contributed by atoms with Gasteiger partial charge in [-0.3, -0.25) is 4.79 Å². The van der Waals surface area contributed by atoms with E-state index in [9.17, 15) is 4.79 Å². The number of nitrogens with two attached hydrogens (primary N) is 1. The Kier molecular flexibility index (Phi) is 3.54. The Hall–Kier alpha value is -1.26. The van der Waals surface area contributed by atoms with Gasteiger partial charge in [-0.05, 0) is 25.7 Å². The molecule has 5 heteroatoms. The third-order valence-electron chi connectivity index (χ3n) is 4.14. The highest BCUT2D eigenvalue weighted by Gasteiger charge is 2.41. The van der Waals surface area contributed by atoms with Crippen molar-refractivity contribution in [3.63, 3.8) is 0 Å². The van der Waals surface area contributed by atoms with Gasteiger partial charge in [0.25, 0.3) is 0 Å². The molecule has 5 nitrogen and oxygen atoms in total. The molecule has 0 bridgehead atoms. The fraction of sp³-hybridized carbons (Fsp3) is 0.833. The lowest BCUT2D eigenvalue weighted by Gasteiger charge is -2.30. The number of nitrogens with zero attached hydrogens (tertiary/aromatic N) is 1. The van der Waals surface area contributed by atoms with E-state index < -0.39 is 5.54 Å². The van der Waals surface area contributed by atoms with Crippen LogP contribution < -0.4 is 11.1 Å². The van der Waals surface area contributed by atoms with Crippen molar-refractivity contribution in [2.75, 3.05) is 0 Å². The maximum Gasteiger partial charge on any atom is 0.223 e. The number of amidine groups is 1. The first-order valence-electron chi connectivity index (χ1n) is 6.48. The quantitative estimate of drug-likeness (QED) is 0.301. The first-order chi connectivity index (χ1) is 8.18. The van der Waals surface area contributed by atoms with Crippen LogP contribution in [0, 0.1) is 5.92 Å². The standard InChI is InChI=1S/C12H21N3O2/c13-11(15-17)12(7-3-4-8-12)14-10(16)9-5-1-2-6-9/h9,17H,1-8H2,(H2,13,15)(H,14,16). The predicted molar refractivity (Wildman–Crippen MR) is 64.7 cm³/mol. The Morgan fingerprint density at radius 1 is 1.24 bits per heavy atom. The molecule has 0 saturated heterocycles. The molecule has 0 aromatic rings. The van der Waals surface area contributed by atoms with Gasteiger partial charge in [0.05, 0.1) is 0 Å². The first-order valence-corrected chi connectivity index (χ1v) is 6.48. The zero-order valence-corrected chi connectivity index (χ0v) is 10.1. The molecule has 2 rings (SSSR count). The van der Waals surface area contributed by atoms with Gasteiger partial charge in [0, 0.05) is 5.92 Å². The van der Waals surface area contributed by atoms with Crippen LogP contribution >= 0.6 is 0 Å². The summed E-state index contributed by atoms with van der Waals surface area (Å²) in [5, 5.41) is 15.0. The number of rotatable bonds is 3. The van der Waals surface area contributed by atoms with Gasteiger partial charge >= 0.3 is 0 Å². The second kappa shape index (κ2) is 4.94. The van der Waals surface area contributed by atoms with Crippen molar-refractivity contribution in [2.24, 2.45) is 16.8 Å². The van der Waals surface area contributed by atoms with Crippen molar-refractivity contribution in [3.8, 4) is 0 Å². The summed E-state index contributed by atoms with van der Waals surface area (Å²) in [6, 6.07) is 0. The minimum absolute atomic E-state index is 0.0796. The Morgan fingerprint density at radius 2 is 1.82 bits per heavy atom. The summed E-state index contributed by atoms with van der Waals surface area (Å²) in [6.07, 6.45) is 7.80. The lowest BCUT2D eigenvalue weighted by Crippen LogP contribution is -2.56. The summed E-state index contributed by atoms with van der Waals surface area (Å²) in [7, 11) is 0. The number of nitrogens with one attached hydrogen (secondary N) is 1. The Labute approximate surface area is 101 Å². The van der Waals surface area contributed by atoms with E-state index in [1.165, 1.54) is 0 Å². The van der Waals surface area contributed by atoms with Gasteiger partial charge < -0.3 is 16.3 Å². The topological polar surface area (TPSA) is 87.7 Å². The lowest BCUT2D eigenvalue weighted by atomic mass is 9.94. The molecule has 0 aromatic heterocycles. The molecule has 2 aliphatic carbocycles. The van der Waals surface area contributed by atoms with Crippen molar-refractivity contribution >= 4 is 11.7 Å². The molecule has 1 amide bonds. The second-order valence-corrected chi connectivity index (χ2v) is 5.25. The highest BCUT2D eigenvalue weighted by atomic mass is 16.4. The zero-order chi connectivity index (χ0) is 12.3. The van der Waals surface area contributed by atoms with Crippen LogP contribution in [0.3, 0.4) is 0 Å². The number of amides is 1. The van der Waals surface area contributed by atoms with Gasteiger partial charge in [-0.1, -0.05) is 30.8 Å². The van der Waals surface area contributed by atoms with Crippen molar-refractivity contribution in [3.05, 3.63) is 0 Å². The number of hydrogen-bond acceptors (Lipinski definition) is 3. The highest BCUT2D eigenvalue weighted by Crippen LogP contribution is 2.32. The summed E-state index contributed by atoms with van der Waals surface area (Å²) in [6.45, 7) is 0. The molecule has 0 heterocycles. The minimum atomic E-state index is -0.589. The van der Waals surface area contributed by atoms with Gasteiger partial charge in [-0.2, -0.15) is 0 Å². The Bertz CT molecular complexity index is 316. The molecule has 0 aliphatic heterocycles. The third kappa shape index (κ3) is 2.37. The summed E-state index contributed by atoms with van der Waals surface area (Å²) in [5.74, 6) is 0.358. The molecule has 0 aromatic carbocycles.